The van der Waals surface area contributed by atoms with Crippen LogP contribution in [0, 0.1) is 5.41 Å². The number of hydrogen-bond donors (Lipinski definition) is 3. The average Bonchev–Trinajstić information content (AvgIpc) is 2.33. The second-order valence-corrected chi connectivity index (χ2v) is 6.81. The average molecular weight is 291 g/mol. The Morgan fingerprint density at radius 2 is 1.89 bits per heavy atom. The van der Waals surface area contributed by atoms with Crippen LogP contribution in [0.15, 0.2) is 4.99 Å². The van der Waals surface area contributed by atoms with Gasteiger partial charge in [0.15, 0.2) is 0 Å². The molecule has 0 amide bonds. The van der Waals surface area contributed by atoms with Gasteiger partial charge in [0.1, 0.15) is 0 Å². The van der Waals surface area contributed by atoms with Crippen molar-refractivity contribution in [1.29, 1.82) is 5.41 Å². The number of amidine groups is 1. The lowest BCUT2D eigenvalue weighted by molar-refractivity contribution is 0.684. The summed E-state index contributed by atoms with van der Waals surface area (Å²) in [5.41, 5.74) is 6.58. The fraction of sp³-hybridized carbons (Fsp3) is 0.833. The van der Waals surface area contributed by atoms with Crippen molar-refractivity contribution in [3.05, 3.63) is 0 Å². The van der Waals surface area contributed by atoms with Crippen LogP contribution < -0.4 is 11.1 Å². The van der Waals surface area contributed by atoms with Gasteiger partial charge in [-0.1, -0.05) is 21.6 Å². The number of nitrogens with one attached hydrogen (secondary N) is 2. The summed E-state index contributed by atoms with van der Waals surface area (Å²) in [5.74, 6) is 2.80. The Balaban J connectivity index is 3.32. The number of nitrogens with two attached hydrogens (primary N) is 1. The summed E-state index contributed by atoms with van der Waals surface area (Å²) in [6.45, 7) is 3.75. The first-order valence-corrected chi connectivity index (χ1v) is 8.87. The zero-order valence-corrected chi connectivity index (χ0v) is 13.1. The van der Waals surface area contributed by atoms with Gasteiger partial charge in [-0.15, -0.1) is 0 Å². The molecule has 0 bridgehead atoms. The van der Waals surface area contributed by atoms with Crippen molar-refractivity contribution in [2.24, 2.45) is 10.7 Å². The number of nitrogens with zero attached hydrogens (tertiary/aromatic N) is 1. The van der Waals surface area contributed by atoms with E-state index in [2.05, 4.69) is 10.3 Å². The molecule has 0 rings (SSSR count). The minimum Gasteiger partial charge on any atom is -0.387 e. The lowest BCUT2D eigenvalue weighted by Gasteiger charge is -2.02. The van der Waals surface area contributed by atoms with E-state index in [1.165, 1.54) is 0 Å². The van der Waals surface area contributed by atoms with E-state index in [0.717, 1.165) is 61.8 Å². The topological polar surface area (TPSA) is 74.3 Å². The first-order valence-electron chi connectivity index (χ1n) is 6.38. The number of unbranched alkanes of at least 4 members (excludes halogenated alkanes) is 1. The van der Waals surface area contributed by atoms with Gasteiger partial charge < -0.3 is 16.5 Å². The molecular weight excluding hydrogens is 264 g/mol. The molecule has 0 radical (unpaired) electrons. The molecule has 0 aromatic rings. The predicted molar refractivity (Wildman–Crippen MR) is 87.2 cm³/mol. The monoisotopic (exact) mass is 290 g/mol. The minimum atomic E-state index is 0.755. The van der Waals surface area contributed by atoms with Crippen molar-refractivity contribution in [2.75, 3.05) is 31.6 Å². The predicted octanol–water partition coefficient (Wildman–Crippen LogP) is 2.54. The van der Waals surface area contributed by atoms with Crippen LogP contribution in [0.5, 0.6) is 0 Å². The Kier molecular flexibility index (Phi) is 13.1. The molecule has 4 nitrogen and oxygen atoms in total. The molecule has 0 aliphatic carbocycles. The molecule has 0 aromatic carbocycles. The van der Waals surface area contributed by atoms with Gasteiger partial charge in [0, 0.05) is 30.2 Å². The molecule has 0 aliphatic rings. The zero-order valence-electron chi connectivity index (χ0n) is 11.5. The van der Waals surface area contributed by atoms with Crippen molar-refractivity contribution in [3.8, 4) is 0 Å². The van der Waals surface area contributed by atoms with Crippen LogP contribution in [0.1, 0.15) is 32.6 Å². The summed E-state index contributed by atoms with van der Waals surface area (Å²) >= 11 is 0. The van der Waals surface area contributed by atoms with Gasteiger partial charge in [0.05, 0.1) is 5.84 Å². The van der Waals surface area contributed by atoms with Crippen molar-refractivity contribution in [2.45, 2.75) is 32.6 Å². The number of rotatable bonds is 12. The van der Waals surface area contributed by atoms with Crippen LogP contribution in [0.4, 0.5) is 0 Å². The summed E-state index contributed by atoms with van der Waals surface area (Å²) < 4.78 is 0. The second kappa shape index (κ2) is 13.2. The van der Waals surface area contributed by atoms with E-state index < -0.39 is 0 Å². The third-order valence-corrected chi connectivity index (χ3v) is 4.64. The summed E-state index contributed by atoms with van der Waals surface area (Å²) in [7, 11) is 5.60. The quantitative estimate of drug-likeness (QED) is 0.223. The largest absolute Gasteiger partial charge is 0.387 e. The molecule has 0 unspecified atom stereocenters. The molecule has 0 heterocycles. The first kappa shape index (κ1) is 17.8. The summed E-state index contributed by atoms with van der Waals surface area (Å²) in [5, 5.41) is 10.4. The van der Waals surface area contributed by atoms with Crippen LogP contribution in [0.3, 0.4) is 0 Å². The van der Waals surface area contributed by atoms with Gasteiger partial charge in [0.2, 0.25) is 0 Å². The van der Waals surface area contributed by atoms with Crippen LogP contribution in [-0.4, -0.2) is 43.2 Å². The van der Waals surface area contributed by atoms with Crippen LogP contribution in [0.2, 0.25) is 0 Å². The highest BCUT2D eigenvalue weighted by atomic mass is 33.1. The van der Waals surface area contributed by atoms with E-state index in [4.69, 9.17) is 11.1 Å². The highest BCUT2D eigenvalue weighted by Crippen LogP contribution is 2.22. The lowest BCUT2D eigenvalue weighted by atomic mass is 10.3. The Labute approximate surface area is 119 Å². The highest BCUT2D eigenvalue weighted by molar-refractivity contribution is 8.76. The Hall–Kier alpha value is -0.200. The van der Waals surface area contributed by atoms with E-state index >= 15 is 0 Å². The molecule has 0 fully saturated rings. The van der Waals surface area contributed by atoms with Crippen LogP contribution in [0.25, 0.3) is 0 Å². The van der Waals surface area contributed by atoms with Gasteiger partial charge in [-0.2, -0.15) is 0 Å². The smallest absolute Gasteiger partial charge is 0.0945 e. The zero-order chi connectivity index (χ0) is 13.6. The lowest BCUT2D eigenvalue weighted by Crippen LogP contribution is -2.13. The fourth-order valence-corrected chi connectivity index (χ4v) is 3.30. The summed E-state index contributed by atoms with van der Waals surface area (Å²) in [6.07, 6.45) is 4.00. The van der Waals surface area contributed by atoms with Crippen molar-refractivity contribution in [1.82, 2.24) is 5.32 Å². The summed E-state index contributed by atoms with van der Waals surface area (Å²) in [6, 6.07) is 0. The maximum Gasteiger partial charge on any atom is 0.0945 e. The molecule has 0 aromatic heterocycles. The molecular formula is C12H26N4S2. The van der Waals surface area contributed by atoms with Gasteiger partial charge in [-0.25, -0.2) is 0 Å². The highest BCUT2D eigenvalue weighted by Gasteiger charge is 1.96. The van der Waals surface area contributed by atoms with E-state index in [0.29, 0.717) is 0 Å². The Morgan fingerprint density at radius 1 is 1.22 bits per heavy atom. The van der Waals surface area contributed by atoms with Crippen molar-refractivity contribution >= 4 is 33.1 Å². The van der Waals surface area contributed by atoms with E-state index in [1.54, 1.807) is 0 Å². The Morgan fingerprint density at radius 3 is 2.50 bits per heavy atom. The maximum atomic E-state index is 7.30. The molecule has 0 saturated heterocycles. The second-order valence-electron chi connectivity index (χ2n) is 4.11. The third kappa shape index (κ3) is 13.9. The molecule has 0 saturated carbocycles. The summed E-state index contributed by atoms with van der Waals surface area (Å²) in [4.78, 5) is 4.35. The van der Waals surface area contributed by atoms with Gasteiger partial charge in [-0.3, -0.25) is 4.99 Å². The standard InChI is InChI=1S/C12H26N4S2/c1-11(13)5-9-17-18-10-6-12(14)16-8-4-3-7-15-2/h13,15H,3-10H2,1-2H3,(H2,14,16). The molecule has 0 spiro atoms. The maximum absolute atomic E-state index is 7.30. The van der Waals surface area contributed by atoms with Crippen LogP contribution >= 0.6 is 21.6 Å². The van der Waals surface area contributed by atoms with Gasteiger partial charge >= 0.3 is 0 Å². The van der Waals surface area contributed by atoms with Crippen molar-refractivity contribution < 1.29 is 0 Å². The molecule has 0 aliphatic heterocycles. The third-order valence-electron chi connectivity index (χ3n) is 2.24. The normalized spacial score (nSPS) is 11.8. The number of aliphatic imine (C=N–C) groups is 1. The SMILES string of the molecule is CNCCCCN=C(N)CCSSCCC(C)=N. The van der Waals surface area contributed by atoms with Gasteiger partial charge in [0.25, 0.3) is 0 Å². The van der Waals surface area contributed by atoms with Gasteiger partial charge in [-0.05, 0) is 39.8 Å². The Bertz CT molecular complexity index is 244. The van der Waals surface area contributed by atoms with E-state index in [-0.39, 0.29) is 0 Å². The fourth-order valence-electron chi connectivity index (χ4n) is 1.17. The molecule has 0 atom stereocenters. The first-order chi connectivity index (χ1) is 8.66. The van der Waals surface area contributed by atoms with E-state index in [1.807, 2.05) is 35.6 Å². The molecule has 6 heteroatoms. The minimum absolute atomic E-state index is 0.755. The molecule has 106 valence electrons. The molecule has 4 N–H and O–H groups in total. The van der Waals surface area contributed by atoms with E-state index in [9.17, 15) is 0 Å². The van der Waals surface area contributed by atoms with Crippen molar-refractivity contribution in [3.63, 3.8) is 0 Å². The number of hydrogen-bond acceptors (Lipinski definition) is 5. The molecule has 18 heavy (non-hydrogen) atoms. The van der Waals surface area contributed by atoms with Crippen LogP contribution in [-0.2, 0) is 0 Å².